The van der Waals surface area contributed by atoms with Crippen LogP contribution in [0.5, 0.6) is 0 Å². The Bertz CT molecular complexity index is 565. The maximum atomic E-state index is 12.5. The summed E-state index contributed by atoms with van der Waals surface area (Å²) in [7, 11) is -0.965. The summed E-state index contributed by atoms with van der Waals surface area (Å²) in [6.07, 6.45) is 4.79. The molecule has 22 heavy (non-hydrogen) atoms. The molecule has 1 heterocycles. The lowest BCUT2D eigenvalue weighted by atomic mass is 10.0. The summed E-state index contributed by atoms with van der Waals surface area (Å²) < 4.78 is 11.4. The zero-order chi connectivity index (χ0) is 16.1. The van der Waals surface area contributed by atoms with Gasteiger partial charge in [0.05, 0.1) is 6.04 Å². The second-order valence-corrected chi connectivity index (χ2v) is 7.50. The van der Waals surface area contributed by atoms with E-state index in [1.165, 1.54) is 0 Å². The van der Waals surface area contributed by atoms with E-state index < -0.39 is 10.8 Å². The average Bonchev–Trinajstić information content (AvgIpc) is 2.50. The summed E-state index contributed by atoms with van der Waals surface area (Å²) in [4.78, 5) is 14.7. The van der Waals surface area contributed by atoms with Crippen molar-refractivity contribution in [1.29, 1.82) is 0 Å². The van der Waals surface area contributed by atoms with Crippen LogP contribution in [-0.4, -0.2) is 40.4 Å². The van der Waals surface area contributed by atoms with Gasteiger partial charge in [0, 0.05) is 33.5 Å². The predicted molar refractivity (Wildman–Crippen MR) is 92.7 cm³/mol. The molecule has 0 aliphatic carbocycles. The highest BCUT2D eigenvalue weighted by atomic mass is 35.5. The Morgan fingerprint density at radius 2 is 2.23 bits per heavy atom. The van der Waals surface area contributed by atoms with Crippen LogP contribution in [0.2, 0.25) is 5.02 Å². The normalized spacial score (nSPS) is 20.6. The van der Waals surface area contributed by atoms with Gasteiger partial charge in [0.15, 0.2) is 0 Å². The van der Waals surface area contributed by atoms with Gasteiger partial charge in [-0.2, -0.15) is 0 Å². The van der Waals surface area contributed by atoms with E-state index in [1.54, 1.807) is 18.4 Å². The number of carbonyl (C=O) groups is 1. The third-order valence-electron chi connectivity index (χ3n) is 3.99. The number of hydrogen-bond acceptors (Lipinski definition) is 3. The fraction of sp³-hybridized carbons (Fsp3) is 0.562. The van der Waals surface area contributed by atoms with Crippen LogP contribution in [0.1, 0.15) is 31.7 Å². The number of benzene rings is 1. The minimum Gasteiger partial charge on any atom is -0.325 e. The number of anilines is 1. The molecule has 0 bridgehead atoms. The lowest BCUT2D eigenvalue weighted by molar-refractivity contribution is -0.122. The number of halogens is 1. The molecule has 1 amide bonds. The molecule has 122 valence electrons. The van der Waals surface area contributed by atoms with Gasteiger partial charge in [-0.05, 0) is 49.7 Å². The number of rotatable bonds is 5. The van der Waals surface area contributed by atoms with Crippen LogP contribution in [-0.2, 0) is 21.3 Å². The van der Waals surface area contributed by atoms with Crippen LogP contribution in [0.15, 0.2) is 18.2 Å². The van der Waals surface area contributed by atoms with Crippen molar-refractivity contribution < 1.29 is 9.00 Å². The van der Waals surface area contributed by atoms with Crippen LogP contribution in [0.4, 0.5) is 5.69 Å². The Morgan fingerprint density at radius 1 is 1.45 bits per heavy atom. The number of amides is 1. The molecule has 1 aliphatic rings. The van der Waals surface area contributed by atoms with Gasteiger partial charge >= 0.3 is 0 Å². The Morgan fingerprint density at radius 3 is 2.91 bits per heavy atom. The van der Waals surface area contributed by atoms with Crippen molar-refractivity contribution >= 4 is 34.0 Å². The zero-order valence-corrected chi connectivity index (χ0v) is 14.7. The minimum absolute atomic E-state index is 0.0347. The number of hydrogen-bond donors (Lipinski definition) is 1. The molecule has 0 radical (unpaired) electrons. The molecule has 1 aromatic rings. The van der Waals surface area contributed by atoms with Gasteiger partial charge in [0.1, 0.15) is 0 Å². The van der Waals surface area contributed by atoms with Gasteiger partial charge in [-0.25, -0.2) is 0 Å². The van der Waals surface area contributed by atoms with Crippen molar-refractivity contribution in [1.82, 2.24) is 4.90 Å². The number of nitrogens with one attached hydrogen (secondary N) is 1. The van der Waals surface area contributed by atoms with Crippen LogP contribution in [0.25, 0.3) is 0 Å². The SMILES string of the molecule is CCN1CCCCC1C(=O)Nc1ccc(Cl)c(CS(C)=O)c1. The smallest absolute Gasteiger partial charge is 0.241 e. The van der Waals surface area contributed by atoms with Gasteiger partial charge in [-0.15, -0.1) is 0 Å². The molecule has 0 spiro atoms. The van der Waals surface area contributed by atoms with Crippen LogP contribution < -0.4 is 5.32 Å². The van der Waals surface area contributed by atoms with Crippen molar-refractivity contribution in [2.75, 3.05) is 24.7 Å². The maximum absolute atomic E-state index is 12.5. The first-order valence-corrected chi connectivity index (χ1v) is 9.75. The molecule has 1 saturated heterocycles. The van der Waals surface area contributed by atoms with Crippen LogP contribution >= 0.6 is 11.6 Å². The summed E-state index contributed by atoms with van der Waals surface area (Å²) in [5.74, 6) is 0.431. The first kappa shape index (κ1) is 17.4. The van der Waals surface area contributed by atoms with E-state index in [-0.39, 0.29) is 11.9 Å². The van der Waals surface area contributed by atoms with Crippen molar-refractivity contribution in [2.24, 2.45) is 0 Å². The number of carbonyl (C=O) groups excluding carboxylic acids is 1. The molecule has 6 heteroatoms. The van der Waals surface area contributed by atoms with Gasteiger partial charge in [-0.3, -0.25) is 13.9 Å². The second-order valence-electron chi connectivity index (χ2n) is 5.65. The molecule has 2 rings (SSSR count). The first-order chi connectivity index (χ1) is 10.5. The van der Waals surface area contributed by atoms with Gasteiger partial charge in [0.2, 0.25) is 5.91 Å². The fourth-order valence-electron chi connectivity index (χ4n) is 2.87. The second kappa shape index (κ2) is 8.09. The number of nitrogens with zero attached hydrogens (tertiary/aromatic N) is 1. The molecule has 4 nitrogen and oxygen atoms in total. The average molecular weight is 343 g/mol. The Balaban J connectivity index is 2.09. The van der Waals surface area contributed by atoms with E-state index in [0.29, 0.717) is 10.8 Å². The largest absolute Gasteiger partial charge is 0.325 e. The molecule has 2 atom stereocenters. The summed E-state index contributed by atoms with van der Waals surface area (Å²) in [5, 5.41) is 3.56. The molecule has 1 N–H and O–H groups in total. The topological polar surface area (TPSA) is 49.4 Å². The first-order valence-electron chi connectivity index (χ1n) is 7.64. The number of piperidine rings is 1. The minimum atomic E-state index is -0.965. The van der Waals surface area contributed by atoms with Crippen LogP contribution in [0.3, 0.4) is 0 Å². The highest BCUT2D eigenvalue weighted by Crippen LogP contribution is 2.23. The zero-order valence-electron chi connectivity index (χ0n) is 13.1. The fourth-order valence-corrected chi connectivity index (χ4v) is 3.81. The van der Waals surface area contributed by atoms with Gasteiger partial charge in [0.25, 0.3) is 0 Å². The summed E-state index contributed by atoms with van der Waals surface area (Å²) in [6, 6.07) is 5.30. The van der Waals surface area contributed by atoms with E-state index in [2.05, 4.69) is 17.1 Å². The molecule has 1 aromatic carbocycles. The lowest BCUT2D eigenvalue weighted by Crippen LogP contribution is -2.46. The molecule has 2 unspecified atom stereocenters. The van der Waals surface area contributed by atoms with E-state index >= 15 is 0 Å². The highest BCUT2D eigenvalue weighted by Gasteiger charge is 2.27. The van der Waals surface area contributed by atoms with E-state index in [4.69, 9.17) is 11.6 Å². The third-order valence-corrected chi connectivity index (χ3v) is 5.08. The van der Waals surface area contributed by atoms with Gasteiger partial charge in [-0.1, -0.05) is 24.9 Å². The molecule has 0 saturated carbocycles. The number of likely N-dealkylation sites (tertiary alicyclic amines) is 1. The van der Waals surface area contributed by atoms with E-state index in [0.717, 1.165) is 43.6 Å². The van der Waals surface area contributed by atoms with Gasteiger partial charge < -0.3 is 5.32 Å². The Kier molecular flexibility index (Phi) is 6.41. The third kappa shape index (κ3) is 4.54. The highest BCUT2D eigenvalue weighted by molar-refractivity contribution is 7.83. The quantitative estimate of drug-likeness (QED) is 0.894. The standard InChI is InChI=1S/C16H23ClN2O2S/c1-3-19-9-5-4-6-15(19)16(20)18-13-7-8-14(17)12(10-13)11-22(2)21/h7-8,10,15H,3-6,9,11H2,1-2H3,(H,18,20). The molecular weight excluding hydrogens is 320 g/mol. The monoisotopic (exact) mass is 342 g/mol. The summed E-state index contributed by atoms with van der Waals surface area (Å²) in [6.45, 7) is 3.95. The number of likely N-dealkylation sites (N-methyl/N-ethyl adjacent to an activating group) is 1. The molecule has 0 aromatic heterocycles. The maximum Gasteiger partial charge on any atom is 0.241 e. The van der Waals surface area contributed by atoms with Crippen molar-refractivity contribution in [3.63, 3.8) is 0 Å². The van der Waals surface area contributed by atoms with Crippen LogP contribution in [0, 0.1) is 0 Å². The van der Waals surface area contributed by atoms with E-state index in [1.807, 2.05) is 6.07 Å². The Hall–Kier alpha value is -0.910. The predicted octanol–water partition coefficient (Wildman–Crippen LogP) is 3.03. The van der Waals surface area contributed by atoms with Crippen molar-refractivity contribution in [3.8, 4) is 0 Å². The molecular formula is C16H23ClN2O2S. The molecule has 1 fully saturated rings. The van der Waals surface area contributed by atoms with E-state index in [9.17, 15) is 9.00 Å². The lowest BCUT2D eigenvalue weighted by Gasteiger charge is -2.33. The van der Waals surface area contributed by atoms with Crippen molar-refractivity contribution in [3.05, 3.63) is 28.8 Å². The summed E-state index contributed by atoms with van der Waals surface area (Å²) >= 11 is 6.12. The Labute approximate surface area is 139 Å². The molecule has 1 aliphatic heterocycles. The summed E-state index contributed by atoms with van der Waals surface area (Å²) in [5.41, 5.74) is 1.52. The van der Waals surface area contributed by atoms with Crippen molar-refractivity contribution in [2.45, 2.75) is 38.0 Å².